The van der Waals surface area contributed by atoms with Gasteiger partial charge in [-0.15, -0.1) is 0 Å². The molecule has 2 aromatic rings. The molecular formula is C14H11ClF3N3. The number of para-hydroxylation sites is 1. The van der Waals surface area contributed by atoms with Crippen molar-refractivity contribution < 1.29 is 13.2 Å². The van der Waals surface area contributed by atoms with Crippen molar-refractivity contribution in [3.8, 4) is 6.07 Å². The first-order valence-electron chi connectivity index (χ1n) is 5.98. The van der Waals surface area contributed by atoms with Gasteiger partial charge in [0, 0.05) is 19.8 Å². The summed E-state index contributed by atoms with van der Waals surface area (Å²) < 4.78 is 40.4. The van der Waals surface area contributed by atoms with Crippen molar-refractivity contribution >= 4 is 17.3 Å². The van der Waals surface area contributed by atoms with E-state index in [-0.39, 0.29) is 17.3 Å². The summed E-state index contributed by atoms with van der Waals surface area (Å²) in [5.41, 5.74) is 0.157. The lowest BCUT2D eigenvalue weighted by Crippen LogP contribution is -2.11. The molecule has 0 spiro atoms. The van der Waals surface area contributed by atoms with E-state index in [1.54, 1.807) is 23.9 Å². The molecule has 0 saturated heterocycles. The summed E-state index contributed by atoms with van der Waals surface area (Å²) in [4.78, 5) is 0. The van der Waals surface area contributed by atoms with E-state index in [2.05, 4.69) is 5.32 Å². The summed E-state index contributed by atoms with van der Waals surface area (Å²) in [6.07, 6.45) is -2.81. The molecule has 0 fully saturated rings. The molecule has 0 amide bonds. The van der Waals surface area contributed by atoms with Crippen LogP contribution in [-0.4, -0.2) is 4.57 Å². The highest BCUT2D eigenvalue weighted by Gasteiger charge is 2.34. The van der Waals surface area contributed by atoms with Crippen LogP contribution in [0.2, 0.25) is 5.02 Å². The second kappa shape index (κ2) is 5.70. The monoisotopic (exact) mass is 313 g/mol. The maximum Gasteiger partial charge on any atom is 0.418 e. The zero-order valence-corrected chi connectivity index (χ0v) is 11.8. The number of benzene rings is 1. The molecule has 0 aliphatic rings. The first-order valence-corrected chi connectivity index (χ1v) is 6.35. The predicted octanol–water partition coefficient (Wildman–Crippen LogP) is 4.18. The fourth-order valence-corrected chi connectivity index (χ4v) is 2.21. The number of aromatic nitrogens is 1. The van der Waals surface area contributed by atoms with Crippen molar-refractivity contribution in [3.05, 3.63) is 52.3 Å². The normalized spacial score (nSPS) is 11.2. The Hall–Kier alpha value is -2.13. The summed E-state index contributed by atoms with van der Waals surface area (Å²) in [7, 11) is 1.69. The number of nitrogens with one attached hydrogen (secondary N) is 1. The molecule has 0 radical (unpaired) electrons. The maximum absolute atomic E-state index is 12.9. The van der Waals surface area contributed by atoms with E-state index in [0.717, 1.165) is 6.07 Å². The third kappa shape index (κ3) is 3.31. The van der Waals surface area contributed by atoms with Crippen LogP contribution < -0.4 is 5.32 Å². The van der Waals surface area contributed by atoms with Crippen LogP contribution in [0.25, 0.3) is 0 Å². The second-order valence-electron chi connectivity index (χ2n) is 4.47. The Morgan fingerprint density at radius 3 is 2.67 bits per heavy atom. The average molecular weight is 314 g/mol. The van der Waals surface area contributed by atoms with Gasteiger partial charge < -0.3 is 9.88 Å². The summed E-state index contributed by atoms with van der Waals surface area (Å²) in [5, 5.41) is 11.5. The minimum absolute atomic E-state index is 0.00117. The maximum atomic E-state index is 12.9. The van der Waals surface area contributed by atoms with Crippen LogP contribution in [-0.2, 0) is 19.8 Å². The summed E-state index contributed by atoms with van der Waals surface area (Å²) in [6, 6.07) is 7.22. The van der Waals surface area contributed by atoms with Crippen LogP contribution in [0, 0.1) is 11.3 Å². The van der Waals surface area contributed by atoms with Gasteiger partial charge in [-0.3, -0.25) is 0 Å². The molecule has 7 heteroatoms. The van der Waals surface area contributed by atoms with Crippen LogP contribution in [0.5, 0.6) is 0 Å². The SMILES string of the molecule is Cn1cc(CNc2c(Cl)cccc2C(F)(F)F)cc1C#N. The van der Waals surface area contributed by atoms with Crippen molar-refractivity contribution in [1.82, 2.24) is 4.57 Å². The number of anilines is 1. The van der Waals surface area contributed by atoms with Gasteiger partial charge >= 0.3 is 6.18 Å². The average Bonchev–Trinajstić information content (AvgIpc) is 2.76. The lowest BCUT2D eigenvalue weighted by atomic mass is 10.1. The van der Waals surface area contributed by atoms with Crippen molar-refractivity contribution in [2.24, 2.45) is 7.05 Å². The Bertz CT molecular complexity index is 698. The molecule has 2 rings (SSSR count). The molecule has 1 aromatic carbocycles. The number of hydrogen-bond acceptors (Lipinski definition) is 2. The molecule has 110 valence electrons. The fraction of sp³-hybridized carbons (Fsp3) is 0.214. The molecule has 0 saturated carbocycles. The van der Waals surface area contributed by atoms with Gasteiger partial charge in [0.05, 0.1) is 16.3 Å². The van der Waals surface area contributed by atoms with Gasteiger partial charge in [0.1, 0.15) is 11.8 Å². The Labute approximate surface area is 124 Å². The van der Waals surface area contributed by atoms with E-state index >= 15 is 0 Å². The standard InChI is InChI=1S/C14H11ClF3N3/c1-21-8-9(5-10(21)6-19)7-20-13-11(14(16,17)18)3-2-4-12(13)15/h2-5,8,20H,7H2,1H3. The largest absolute Gasteiger partial charge is 0.418 e. The van der Waals surface area contributed by atoms with E-state index in [0.29, 0.717) is 11.3 Å². The molecule has 0 aliphatic heterocycles. The van der Waals surface area contributed by atoms with Crippen LogP contribution in [0.15, 0.2) is 30.5 Å². The highest BCUT2D eigenvalue weighted by atomic mass is 35.5. The Morgan fingerprint density at radius 2 is 2.10 bits per heavy atom. The Morgan fingerprint density at radius 1 is 1.38 bits per heavy atom. The second-order valence-corrected chi connectivity index (χ2v) is 4.88. The third-order valence-electron chi connectivity index (χ3n) is 2.96. The third-order valence-corrected chi connectivity index (χ3v) is 3.28. The molecule has 0 aliphatic carbocycles. The quantitative estimate of drug-likeness (QED) is 0.923. The van der Waals surface area contributed by atoms with E-state index in [1.807, 2.05) is 6.07 Å². The lowest BCUT2D eigenvalue weighted by molar-refractivity contribution is -0.136. The zero-order chi connectivity index (χ0) is 15.6. The molecule has 1 N–H and O–H groups in total. The zero-order valence-electron chi connectivity index (χ0n) is 11.0. The molecule has 0 unspecified atom stereocenters. The van der Waals surface area contributed by atoms with Crippen molar-refractivity contribution in [3.63, 3.8) is 0 Å². The minimum Gasteiger partial charge on any atom is -0.379 e. The van der Waals surface area contributed by atoms with Gasteiger partial charge in [-0.1, -0.05) is 17.7 Å². The van der Waals surface area contributed by atoms with E-state index < -0.39 is 11.7 Å². The topological polar surface area (TPSA) is 40.8 Å². The van der Waals surface area contributed by atoms with Crippen LogP contribution in [0.4, 0.5) is 18.9 Å². The smallest absolute Gasteiger partial charge is 0.379 e. The van der Waals surface area contributed by atoms with Gasteiger partial charge in [-0.2, -0.15) is 18.4 Å². The van der Waals surface area contributed by atoms with Crippen molar-refractivity contribution in [2.75, 3.05) is 5.32 Å². The molecule has 0 atom stereocenters. The van der Waals surface area contributed by atoms with Crippen molar-refractivity contribution in [1.29, 1.82) is 5.26 Å². The van der Waals surface area contributed by atoms with Crippen LogP contribution in [0.1, 0.15) is 16.8 Å². The van der Waals surface area contributed by atoms with Gasteiger partial charge in [0.25, 0.3) is 0 Å². The molecule has 21 heavy (non-hydrogen) atoms. The van der Waals surface area contributed by atoms with Crippen LogP contribution >= 0.6 is 11.6 Å². The molecule has 3 nitrogen and oxygen atoms in total. The summed E-state index contributed by atoms with van der Waals surface area (Å²) >= 11 is 5.85. The number of hydrogen-bond donors (Lipinski definition) is 1. The number of alkyl halides is 3. The predicted molar refractivity (Wildman–Crippen MR) is 73.9 cm³/mol. The minimum atomic E-state index is -4.48. The van der Waals surface area contributed by atoms with Gasteiger partial charge in [-0.05, 0) is 23.8 Å². The van der Waals surface area contributed by atoms with Gasteiger partial charge in [0.2, 0.25) is 0 Å². The number of nitrogens with zero attached hydrogens (tertiary/aromatic N) is 2. The number of halogens is 4. The Balaban J connectivity index is 2.26. The fourth-order valence-electron chi connectivity index (χ4n) is 1.97. The highest BCUT2D eigenvalue weighted by molar-refractivity contribution is 6.33. The Kier molecular flexibility index (Phi) is 4.14. The first kappa shape index (κ1) is 15.3. The molecule has 1 heterocycles. The van der Waals surface area contributed by atoms with E-state index in [1.165, 1.54) is 12.1 Å². The summed E-state index contributed by atoms with van der Waals surface area (Å²) in [6.45, 7) is 0.141. The van der Waals surface area contributed by atoms with E-state index in [9.17, 15) is 13.2 Å². The molecule has 0 bridgehead atoms. The summed E-state index contributed by atoms with van der Waals surface area (Å²) in [5.74, 6) is 0. The molecule has 1 aromatic heterocycles. The number of aryl methyl sites for hydroxylation is 1. The molecular weight excluding hydrogens is 303 g/mol. The van der Waals surface area contributed by atoms with Crippen molar-refractivity contribution in [2.45, 2.75) is 12.7 Å². The first-order chi connectivity index (χ1) is 9.82. The highest BCUT2D eigenvalue weighted by Crippen LogP contribution is 2.38. The lowest BCUT2D eigenvalue weighted by Gasteiger charge is -2.15. The number of rotatable bonds is 3. The van der Waals surface area contributed by atoms with Gasteiger partial charge in [0.15, 0.2) is 0 Å². The number of nitriles is 1. The van der Waals surface area contributed by atoms with Gasteiger partial charge in [-0.25, -0.2) is 0 Å². The van der Waals surface area contributed by atoms with Crippen LogP contribution in [0.3, 0.4) is 0 Å². The van der Waals surface area contributed by atoms with E-state index in [4.69, 9.17) is 16.9 Å².